The molecule has 0 aliphatic carbocycles. The number of nitrogens with zero attached hydrogens (tertiary/aromatic N) is 4. The summed E-state index contributed by atoms with van der Waals surface area (Å²) in [5.74, 6) is 1.36. The van der Waals surface area contributed by atoms with Crippen molar-refractivity contribution in [3.63, 3.8) is 0 Å². The number of carbonyl (C=O) groups excluding carboxylic acids is 1. The molecule has 2 aliphatic heterocycles. The summed E-state index contributed by atoms with van der Waals surface area (Å²) in [6, 6.07) is 0. The number of anilines is 1. The smallest absolute Gasteiger partial charge is 0.227 e. The van der Waals surface area contributed by atoms with Crippen molar-refractivity contribution in [1.29, 1.82) is 0 Å². The second-order valence-corrected chi connectivity index (χ2v) is 5.38. The molecule has 0 bridgehead atoms. The van der Waals surface area contributed by atoms with Crippen LogP contribution >= 0.6 is 0 Å². The Morgan fingerprint density at radius 1 is 1.16 bits per heavy atom. The van der Waals surface area contributed by atoms with Crippen LogP contribution in [0, 0.1) is 5.92 Å². The van der Waals surface area contributed by atoms with Crippen LogP contribution in [0.15, 0.2) is 18.6 Å². The summed E-state index contributed by atoms with van der Waals surface area (Å²) < 4.78 is 0. The van der Waals surface area contributed by atoms with Crippen molar-refractivity contribution >= 4 is 11.7 Å². The third-order valence-electron chi connectivity index (χ3n) is 4.08. The van der Waals surface area contributed by atoms with Gasteiger partial charge < -0.3 is 9.80 Å². The zero-order valence-corrected chi connectivity index (χ0v) is 11.2. The third kappa shape index (κ3) is 2.69. The van der Waals surface area contributed by atoms with Crippen molar-refractivity contribution < 1.29 is 4.79 Å². The Bertz CT molecular complexity index is 430. The second-order valence-electron chi connectivity index (χ2n) is 5.38. The monoisotopic (exact) mass is 260 g/mol. The number of carbonyl (C=O) groups is 1. The first kappa shape index (κ1) is 12.4. The van der Waals surface area contributed by atoms with Gasteiger partial charge in [-0.15, -0.1) is 0 Å². The maximum absolute atomic E-state index is 12.4. The molecule has 3 heterocycles. The van der Waals surface area contributed by atoms with Gasteiger partial charge in [0.2, 0.25) is 5.91 Å². The molecule has 3 rings (SSSR count). The maximum atomic E-state index is 12.4. The summed E-state index contributed by atoms with van der Waals surface area (Å²) in [5.41, 5.74) is 0. The molecule has 19 heavy (non-hydrogen) atoms. The summed E-state index contributed by atoms with van der Waals surface area (Å²) in [4.78, 5) is 25.1. The number of rotatable bonds is 2. The molecule has 0 aromatic carbocycles. The second kappa shape index (κ2) is 5.55. The molecule has 1 amide bonds. The van der Waals surface area contributed by atoms with Crippen molar-refractivity contribution in [2.45, 2.75) is 25.7 Å². The van der Waals surface area contributed by atoms with E-state index in [4.69, 9.17) is 0 Å². The quantitative estimate of drug-likeness (QED) is 0.804. The van der Waals surface area contributed by atoms with Gasteiger partial charge >= 0.3 is 0 Å². The summed E-state index contributed by atoms with van der Waals surface area (Å²) >= 11 is 0. The van der Waals surface area contributed by atoms with Crippen molar-refractivity contribution in [1.82, 2.24) is 14.9 Å². The van der Waals surface area contributed by atoms with Gasteiger partial charge in [-0.2, -0.15) is 0 Å². The summed E-state index contributed by atoms with van der Waals surface area (Å²) in [6.45, 7) is 3.58. The van der Waals surface area contributed by atoms with Crippen LogP contribution in [0.2, 0.25) is 0 Å². The topological polar surface area (TPSA) is 49.3 Å². The largest absolute Gasteiger partial charge is 0.355 e. The lowest BCUT2D eigenvalue weighted by atomic mass is 10.0. The first-order valence-electron chi connectivity index (χ1n) is 7.14. The van der Waals surface area contributed by atoms with Crippen molar-refractivity contribution in [2.75, 3.05) is 31.1 Å². The van der Waals surface area contributed by atoms with E-state index >= 15 is 0 Å². The Morgan fingerprint density at radius 3 is 2.74 bits per heavy atom. The lowest BCUT2D eigenvalue weighted by Gasteiger charge is -2.29. The summed E-state index contributed by atoms with van der Waals surface area (Å²) in [6.07, 6.45) is 9.67. The zero-order valence-electron chi connectivity index (χ0n) is 11.2. The number of amides is 1. The van der Waals surface area contributed by atoms with E-state index in [1.165, 1.54) is 6.42 Å². The fourth-order valence-corrected chi connectivity index (χ4v) is 3.00. The van der Waals surface area contributed by atoms with Gasteiger partial charge in [-0.25, -0.2) is 4.98 Å². The van der Waals surface area contributed by atoms with E-state index in [1.54, 1.807) is 18.6 Å². The van der Waals surface area contributed by atoms with Gasteiger partial charge in [0.25, 0.3) is 0 Å². The predicted molar refractivity (Wildman–Crippen MR) is 72.8 cm³/mol. The van der Waals surface area contributed by atoms with Gasteiger partial charge in [0.05, 0.1) is 12.1 Å². The number of likely N-dealkylation sites (tertiary alicyclic amines) is 1. The number of piperidine rings is 1. The highest BCUT2D eigenvalue weighted by molar-refractivity contribution is 5.80. The van der Waals surface area contributed by atoms with Crippen molar-refractivity contribution in [2.24, 2.45) is 5.92 Å². The molecule has 1 atom stereocenters. The van der Waals surface area contributed by atoms with Gasteiger partial charge in [0, 0.05) is 38.6 Å². The molecule has 2 saturated heterocycles. The van der Waals surface area contributed by atoms with Crippen LogP contribution in [0.3, 0.4) is 0 Å². The molecule has 1 aromatic rings. The molecule has 5 heteroatoms. The van der Waals surface area contributed by atoms with Crippen LogP contribution in [-0.2, 0) is 4.79 Å². The Kier molecular flexibility index (Phi) is 3.62. The molecule has 2 aliphatic rings. The fraction of sp³-hybridized carbons (Fsp3) is 0.643. The molecule has 0 saturated carbocycles. The number of aromatic nitrogens is 2. The molecular formula is C14H20N4O. The normalized spacial score (nSPS) is 23.7. The molecule has 2 fully saturated rings. The zero-order chi connectivity index (χ0) is 13.1. The van der Waals surface area contributed by atoms with E-state index in [-0.39, 0.29) is 5.92 Å². The van der Waals surface area contributed by atoms with Crippen molar-refractivity contribution in [3.05, 3.63) is 18.6 Å². The van der Waals surface area contributed by atoms with E-state index in [1.807, 2.05) is 4.90 Å². The lowest BCUT2D eigenvalue weighted by Crippen LogP contribution is -2.40. The molecule has 102 valence electrons. The van der Waals surface area contributed by atoms with Gasteiger partial charge in [-0.05, 0) is 25.7 Å². The highest BCUT2D eigenvalue weighted by Gasteiger charge is 2.32. The highest BCUT2D eigenvalue weighted by Crippen LogP contribution is 2.24. The van der Waals surface area contributed by atoms with Gasteiger partial charge in [-0.3, -0.25) is 9.78 Å². The van der Waals surface area contributed by atoms with Gasteiger partial charge in [0.15, 0.2) is 0 Å². The Balaban J connectivity index is 1.61. The lowest BCUT2D eigenvalue weighted by molar-refractivity contribution is -0.135. The van der Waals surface area contributed by atoms with E-state index < -0.39 is 0 Å². The Morgan fingerprint density at radius 2 is 2.00 bits per heavy atom. The fourth-order valence-electron chi connectivity index (χ4n) is 3.00. The molecule has 0 N–H and O–H groups in total. The van der Waals surface area contributed by atoms with Crippen LogP contribution in [0.4, 0.5) is 5.82 Å². The van der Waals surface area contributed by atoms with Crippen LogP contribution in [0.1, 0.15) is 25.7 Å². The molecule has 0 radical (unpaired) electrons. The number of hydrogen-bond acceptors (Lipinski definition) is 4. The SMILES string of the molecule is O=C(C1CCN(c2cnccn2)C1)N1CCCCC1. The Labute approximate surface area is 113 Å². The molecular weight excluding hydrogens is 240 g/mol. The van der Waals surface area contributed by atoms with Gasteiger partial charge in [-0.1, -0.05) is 0 Å². The minimum Gasteiger partial charge on any atom is -0.355 e. The third-order valence-corrected chi connectivity index (χ3v) is 4.08. The predicted octanol–water partition coefficient (Wildman–Crippen LogP) is 1.32. The average molecular weight is 260 g/mol. The molecule has 1 aromatic heterocycles. The van der Waals surface area contributed by atoms with Crippen LogP contribution < -0.4 is 4.90 Å². The summed E-state index contributed by atoms with van der Waals surface area (Å²) in [7, 11) is 0. The van der Waals surface area contributed by atoms with E-state index in [0.29, 0.717) is 5.91 Å². The first-order chi connectivity index (χ1) is 9.34. The Hall–Kier alpha value is -1.65. The number of hydrogen-bond donors (Lipinski definition) is 0. The average Bonchev–Trinajstić information content (AvgIpc) is 2.98. The minimum atomic E-state index is 0.139. The van der Waals surface area contributed by atoms with E-state index in [0.717, 1.165) is 51.3 Å². The highest BCUT2D eigenvalue weighted by atomic mass is 16.2. The van der Waals surface area contributed by atoms with Crippen molar-refractivity contribution in [3.8, 4) is 0 Å². The molecule has 5 nitrogen and oxygen atoms in total. The minimum absolute atomic E-state index is 0.139. The summed E-state index contributed by atoms with van der Waals surface area (Å²) in [5, 5.41) is 0. The standard InChI is InChI=1S/C14H20N4O/c19-14(17-7-2-1-3-8-17)12-4-9-18(11-12)13-10-15-5-6-16-13/h5-6,10,12H,1-4,7-9,11H2. The molecule has 1 unspecified atom stereocenters. The van der Waals surface area contributed by atoms with E-state index in [2.05, 4.69) is 14.9 Å². The van der Waals surface area contributed by atoms with Gasteiger partial charge in [0.1, 0.15) is 5.82 Å². The van der Waals surface area contributed by atoms with Crippen LogP contribution in [0.25, 0.3) is 0 Å². The van der Waals surface area contributed by atoms with E-state index in [9.17, 15) is 4.79 Å². The first-order valence-corrected chi connectivity index (χ1v) is 7.14. The van der Waals surface area contributed by atoms with Crippen LogP contribution in [0.5, 0.6) is 0 Å². The molecule has 0 spiro atoms. The maximum Gasteiger partial charge on any atom is 0.227 e. The van der Waals surface area contributed by atoms with Crippen LogP contribution in [-0.4, -0.2) is 47.0 Å².